The van der Waals surface area contributed by atoms with E-state index in [0.29, 0.717) is 36.6 Å². The summed E-state index contributed by atoms with van der Waals surface area (Å²) in [5.41, 5.74) is 1.63. The van der Waals surface area contributed by atoms with Gasteiger partial charge in [-0.2, -0.15) is 5.10 Å². The lowest BCUT2D eigenvalue weighted by Gasteiger charge is -2.35. The third kappa shape index (κ3) is 5.21. The Morgan fingerprint density at radius 3 is 2.57 bits per heavy atom. The number of hydrogen-bond donors (Lipinski definition) is 2. The number of alkyl halides is 3. The van der Waals surface area contributed by atoms with Gasteiger partial charge in [0.1, 0.15) is 5.75 Å². The SMILES string of the molecule is OC1(Cc2cc(-c3cn[nH]c3)on2)CCC(Cc2ccc(OC(F)(F)F)cc2)CC1. The van der Waals surface area contributed by atoms with Crippen molar-refractivity contribution in [1.29, 1.82) is 0 Å². The number of halogens is 3. The van der Waals surface area contributed by atoms with E-state index in [1.807, 2.05) is 6.07 Å². The molecule has 0 radical (unpaired) electrons. The van der Waals surface area contributed by atoms with Gasteiger partial charge in [0, 0.05) is 18.7 Å². The summed E-state index contributed by atoms with van der Waals surface area (Å²) in [5.74, 6) is 0.763. The van der Waals surface area contributed by atoms with Gasteiger partial charge in [-0.3, -0.25) is 5.10 Å². The van der Waals surface area contributed by atoms with E-state index in [9.17, 15) is 18.3 Å². The maximum Gasteiger partial charge on any atom is 0.573 e. The van der Waals surface area contributed by atoms with Gasteiger partial charge >= 0.3 is 6.36 Å². The molecule has 160 valence electrons. The smallest absolute Gasteiger partial charge is 0.406 e. The first-order chi connectivity index (χ1) is 14.3. The van der Waals surface area contributed by atoms with Gasteiger partial charge in [-0.15, -0.1) is 13.2 Å². The maximum absolute atomic E-state index is 12.3. The van der Waals surface area contributed by atoms with Gasteiger partial charge in [0.15, 0.2) is 5.76 Å². The normalized spacial score (nSPS) is 22.2. The molecule has 0 spiro atoms. The Labute approximate surface area is 171 Å². The average molecular weight is 421 g/mol. The molecule has 9 heteroatoms. The highest BCUT2D eigenvalue weighted by molar-refractivity contribution is 5.54. The molecular weight excluding hydrogens is 399 g/mol. The minimum absolute atomic E-state index is 0.216. The Morgan fingerprint density at radius 2 is 1.93 bits per heavy atom. The van der Waals surface area contributed by atoms with Crippen molar-refractivity contribution in [2.75, 3.05) is 0 Å². The Hall–Kier alpha value is -2.81. The van der Waals surface area contributed by atoms with Crippen molar-refractivity contribution >= 4 is 0 Å². The summed E-state index contributed by atoms with van der Waals surface area (Å²) in [7, 11) is 0. The minimum atomic E-state index is -4.68. The molecule has 1 aliphatic rings. The average Bonchev–Trinajstić information content (AvgIpc) is 3.36. The lowest BCUT2D eigenvalue weighted by molar-refractivity contribution is -0.274. The van der Waals surface area contributed by atoms with Gasteiger partial charge in [0.2, 0.25) is 0 Å². The van der Waals surface area contributed by atoms with Gasteiger partial charge in [0.05, 0.1) is 23.1 Å². The van der Waals surface area contributed by atoms with E-state index in [0.717, 1.165) is 30.4 Å². The van der Waals surface area contributed by atoms with Gasteiger partial charge in [-0.25, -0.2) is 0 Å². The van der Waals surface area contributed by atoms with Crippen molar-refractivity contribution in [2.45, 2.75) is 50.5 Å². The zero-order valence-corrected chi connectivity index (χ0v) is 16.2. The first-order valence-corrected chi connectivity index (χ1v) is 9.80. The molecule has 4 rings (SSSR count). The first kappa shape index (κ1) is 20.5. The lowest BCUT2D eigenvalue weighted by Crippen LogP contribution is -2.36. The predicted octanol–water partition coefficient (Wildman–Crippen LogP) is 4.67. The van der Waals surface area contributed by atoms with Gasteiger partial charge < -0.3 is 14.4 Å². The van der Waals surface area contributed by atoms with Crippen molar-refractivity contribution < 1.29 is 27.5 Å². The molecule has 1 saturated carbocycles. The molecule has 0 atom stereocenters. The van der Waals surface area contributed by atoms with E-state index < -0.39 is 12.0 Å². The molecular formula is C21H22F3N3O3. The van der Waals surface area contributed by atoms with Gasteiger partial charge in [-0.1, -0.05) is 17.3 Å². The van der Waals surface area contributed by atoms with Crippen molar-refractivity contribution in [3.63, 3.8) is 0 Å². The van der Waals surface area contributed by atoms with Crippen LogP contribution in [-0.2, 0) is 12.8 Å². The molecule has 2 N–H and O–H groups in total. The third-order valence-electron chi connectivity index (χ3n) is 5.57. The molecule has 3 aromatic rings. The second-order valence-corrected chi connectivity index (χ2v) is 7.91. The van der Waals surface area contributed by atoms with Crippen LogP contribution in [0.5, 0.6) is 5.75 Å². The second-order valence-electron chi connectivity index (χ2n) is 7.91. The van der Waals surface area contributed by atoms with Crippen molar-refractivity contribution in [2.24, 2.45) is 5.92 Å². The van der Waals surface area contributed by atoms with Crippen LogP contribution in [0.4, 0.5) is 13.2 Å². The van der Waals surface area contributed by atoms with Crippen LogP contribution in [0.2, 0.25) is 0 Å². The standard InChI is InChI=1S/C21H22F3N3O3/c22-21(23,24)29-18-3-1-14(2-4-18)9-15-5-7-20(28,8-6-15)11-17-10-19(30-27-17)16-12-25-26-13-16/h1-4,10,12-13,15,28H,5-9,11H2,(H,25,26). The summed E-state index contributed by atoms with van der Waals surface area (Å²) in [6.45, 7) is 0. The van der Waals surface area contributed by atoms with E-state index in [4.69, 9.17) is 4.52 Å². The number of nitrogens with one attached hydrogen (secondary N) is 1. The number of benzene rings is 1. The van der Waals surface area contributed by atoms with Crippen molar-refractivity contribution in [3.8, 4) is 17.1 Å². The van der Waals surface area contributed by atoms with Crippen LogP contribution in [0.25, 0.3) is 11.3 Å². The molecule has 0 amide bonds. The summed E-state index contributed by atoms with van der Waals surface area (Å²) >= 11 is 0. The molecule has 30 heavy (non-hydrogen) atoms. The fraction of sp³-hybridized carbons (Fsp3) is 0.429. The molecule has 1 aliphatic carbocycles. The van der Waals surface area contributed by atoms with Crippen LogP contribution >= 0.6 is 0 Å². The molecule has 0 unspecified atom stereocenters. The Bertz CT molecular complexity index is 944. The highest BCUT2D eigenvalue weighted by Crippen LogP contribution is 2.36. The lowest BCUT2D eigenvalue weighted by atomic mass is 9.75. The zero-order valence-electron chi connectivity index (χ0n) is 16.2. The highest BCUT2D eigenvalue weighted by Gasteiger charge is 2.34. The quantitative estimate of drug-likeness (QED) is 0.604. The molecule has 2 heterocycles. The number of H-pyrrole nitrogens is 1. The molecule has 0 aliphatic heterocycles. The Morgan fingerprint density at radius 1 is 1.20 bits per heavy atom. The largest absolute Gasteiger partial charge is 0.573 e. The van der Waals surface area contributed by atoms with Crippen molar-refractivity contribution in [3.05, 3.63) is 54.0 Å². The highest BCUT2D eigenvalue weighted by atomic mass is 19.4. The van der Waals surface area contributed by atoms with Crippen LogP contribution in [0.1, 0.15) is 36.9 Å². The fourth-order valence-electron chi connectivity index (χ4n) is 4.01. The van der Waals surface area contributed by atoms with Crippen LogP contribution < -0.4 is 4.74 Å². The monoisotopic (exact) mass is 421 g/mol. The first-order valence-electron chi connectivity index (χ1n) is 9.80. The van der Waals surface area contributed by atoms with Gasteiger partial charge in [0.25, 0.3) is 0 Å². The summed E-state index contributed by atoms with van der Waals surface area (Å²) in [5, 5.41) is 21.6. The van der Waals surface area contributed by atoms with E-state index in [1.54, 1.807) is 24.5 Å². The summed E-state index contributed by atoms with van der Waals surface area (Å²) < 4.78 is 46.0. The Kier molecular flexibility index (Phi) is 5.55. The van der Waals surface area contributed by atoms with E-state index in [-0.39, 0.29) is 5.75 Å². The molecule has 0 saturated heterocycles. The van der Waals surface area contributed by atoms with Crippen LogP contribution in [0.15, 0.2) is 47.2 Å². The number of rotatable bonds is 6. The van der Waals surface area contributed by atoms with E-state index >= 15 is 0 Å². The maximum atomic E-state index is 12.3. The van der Waals surface area contributed by atoms with Crippen molar-refractivity contribution in [1.82, 2.24) is 15.4 Å². The molecule has 1 aromatic carbocycles. The molecule has 6 nitrogen and oxygen atoms in total. The second kappa shape index (κ2) is 8.14. The van der Waals surface area contributed by atoms with Crippen LogP contribution in [0.3, 0.4) is 0 Å². The van der Waals surface area contributed by atoms with E-state index in [1.165, 1.54) is 12.1 Å². The number of nitrogens with zero attached hydrogens (tertiary/aromatic N) is 2. The van der Waals surface area contributed by atoms with Crippen LogP contribution in [0, 0.1) is 5.92 Å². The van der Waals surface area contributed by atoms with Gasteiger partial charge in [-0.05, 0) is 55.7 Å². The number of hydrogen-bond acceptors (Lipinski definition) is 5. The number of aromatic nitrogens is 3. The number of aliphatic hydroxyl groups is 1. The number of ether oxygens (including phenoxy) is 1. The third-order valence-corrected chi connectivity index (χ3v) is 5.57. The zero-order chi connectivity index (χ0) is 21.2. The number of aromatic amines is 1. The summed E-state index contributed by atoms with van der Waals surface area (Å²) in [4.78, 5) is 0. The molecule has 1 fully saturated rings. The summed E-state index contributed by atoms with van der Waals surface area (Å²) in [6.07, 6.45) is 2.81. The summed E-state index contributed by atoms with van der Waals surface area (Å²) in [6, 6.07) is 7.82. The predicted molar refractivity (Wildman–Crippen MR) is 102 cm³/mol. The molecule has 0 bridgehead atoms. The van der Waals surface area contributed by atoms with E-state index in [2.05, 4.69) is 20.1 Å². The Balaban J connectivity index is 1.29. The fourth-order valence-corrected chi connectivity index (χ4v) is 4.01. The topological polar surface area (TPSA) is 84.2 Å². The minimum Gasteiger partial charge on any atom is -0.406 e. The molecule has 2 aromatic heterocycles. The van der Waals surface area contributed by atoms with Crippen LogP contribution in [-0.4, -0.2) is 32.4 Å².